The molecule has 2 aromatic rings. The number of nitrogens with two attached hydrogens (primary N) is 1. The molecule has 1 aliphatic carbocycles. The van der Waals surface area contributed by atoms with Crippen molar-refractivity contribution in [1.29, 1.82) is 0 Å². The van der Waals surface area contributed by atoms with Crippen molar-refractivity contribution in [3.05, 3.63) is 50.2 Å². The Morgan fingerprint density at radius 2 is 2.23 bits per heavy atom. The second-order valence-corrected chi connectivity index (χ2v) is 6.70. The summed E-state index contributed by atoms with van der Waals surface area (Å²) >= 11 is 7.57. The van der Waals surface area contributed by atoms with Crippen LogP contribution in [0.1, 0.15) is 45.2 Å². The SMILES string of the molecule is Cc1csc(C(=O)NC2CCCc3cc(N)ccc32)c1Cl.Cl. The van der Waals surface area contributed by atoms with Crippen LogP contribution in [0.5, 0.6) is 0 Å². The number of amides is 1. The van der Waals surface area contributed by atoms with Crippen molar-refractivity contribution in [2.75, 3.05) is 5.73 Å². The lowest BCUT2D eigenvalue weighted by molar-refractivity contribution is 0.0937. The summed E-state index contributed by atoms with van der Waals surface area (Å²) in [5, 5.41) is 5.58. The van der Waals surface area contributed by atoms with Crippen LogP contribution in [0.25, 0.3) is 0 Å². The van der Waals surface area contributed by atoms with Crippen molar-refractivity contribution >= 4 is 46.9 Å². The molecule has 1 aromatic heterocycles. The number of halogens is 2. The quantitative estimate of drug-likeness (QED) is 0.777. The molecule has 3 nitrogen and oxygen atoms in total. The van der Waals surface area contributed by atoms with E-state index in [2.05, 4.69) is 5.32 Å². The van der Waals surface area contributed by atoms with Gasteiger partial charge < -0.3 is 11.1 Å². The van der Waals surface area contributed by atoms with Crippen molar-refractivity contribution in [1.82, 2.24) is 5.32 Å². The molecule has 1 unspecified atom stereocenters. The molecule has 0 radical (unpaired) electrons. The molecule has 1 amide bonds. The van der Waals surface area contributed by atoms with E-state index in [0.717, 1.165) is 30.5 Å². The van der Waals surface area contributed by atoms with Gasteiger partial charge in [0, 0.05) is 5.69 Å². The normalized spacial score (nSPS) is 16.5. The summed E-state index contributed by atoms with van der Waals surface area (Å²) in [4.78, 5) is 13.0. The predicted octanol–water partition coefficient (Wildman–Crippen LogP) is 4.52. The molecule has 0 fully saturated rings. The van der Waals surface area contributed by atoms with E-state index in [0.29, 0.717) is 9.90 Å². The summed E-state index contributed by atoms with van der Waals surface area (Å²) in [5.74, 6) is -0.0900. The third kappa shape index (κ3) is 3.24. The lowest BCUT2D eigenvalue weighted by Gasteiger charge is -2.26. The van der Waals surface area contributed by atoms with Gasteiger partial charge in [0.2, 0.25) is 0 Å². The van der Waals surface area contributed by atoms with Crippen LogP contribution in [0.4, 0.5) is 5.69 Å². The van der Waals surface area contributed by atoms with Crippen molar-refractivity contribution < 1.29 is 4.79 Å². The maximum Gasteiger partial charge on any atom is 0.263 e. The molecular weight excluding hydrogens is 339 g/mol. The average molecular weight is 357 g/mol. The number of fused-ring (bicyclic) bond motifs is 1. The number of carbonyl (C=O) groups excluding carboxylic acids is 1. The van der Waals surface area contributed by atoms with Crippen LogP contribution < -0.4 is 11.1 Å². The maximum absolute atomic E-state index is 12.4. The molecule has 118 valence electrons. The van der Waals surface area contributed by atoms with Crippen LogP contribution in [0.3, 0.4) is 0 Å². The van der Waals surface area contributed by atoms with Gasteiger partial charge in [0.05, 0.1) is 11.1 Å². The lowest BCUT2D eigenvalue weighted by Crippen LogP contribution is -2.30. The van der Waals surface area contributed by atoms with Crippen molar-refractivity contribution in [2.45, 2.75) is 32.2 Å². The van der Waals surface area contributed by atoms with Crippen LogP contribution >= 0.6 is 35.3 Å². The highest BCUT2D eigenvalue weighted by molar-refractivity contribution is 7.13. The Kier molecular flexibility index (Phi) is 5.37. The van der Waals surface area contributed by atoms with Crippen molar-refractivity contribution in [3.63, 3.8) is 0 Å². The van der Waals surface area contributed by atoms with E-state index in [1.165, 1.54) is 22.5 Å². The fourth-order valence-electron chi connectivity index (χ4n) is 2.79. The van der Waals surface area contributed by atoms with Crippen molar-refractivity contribution in [2.24, 2.45) is 0 Å². The monoisotopic (exact) mass is 356 g/mol. The largest absolute Gasteiger partial charge is 0.399 e. The minimum atomic E-state index is -0.0900. The van der Waals surface area contributed by atoms with Gasteiger partial charge in [0.25, 0.3) is 5.91 Å². The number of nitrogens with one attached hydrogen (secondary N) is 1. The van der Waals surface area contributed by atoms with E-state index in [4.69, 9.17) is 17.3 Å². The van der Waals surface area contributed by atoms with Crippen LogP contribution in [0.2, 0.25) is 5.02 Å². The first-order valence-corrected chi connectivity index (χ1v) is 8.25. The van der Waals surface area contributed by atoms with Gasteiger partial charge in [-0.15, -0.1) is 23.7 Å². The van der Waals surface area contributed by atoms with Crippen LogP contribution in [0, 0.1) is 6.92 Å². The Morgan fingerprint density at radius 3 is 2.91 bits per heavy atom. The second-order valence-electron chi connectivity index (χ2n) is 5.44. The predicted molar refractivity (Wildman–Crippen MR) is 95.3 cm³/mol. The zero-order valence-electron chi connectivity index (χ0n) is 12.2. The summed E-state index contributed by atoms with van der Waals surface area (Å²) in [6.07, 6.45) is 3.02. The molecule has 1 atom stereocenters. The van der Waals surface area contributed by atoms with Crippen LogP contribution in [0.15, 0.2) is 23.6 Å². The van der Waals surface area contributed by atoms with Crippen molar-refractivity contribution in [3.8, 4) is 0 Å². The summed E-state index contributed by atoms with van der Waals surface area (Å²) < 4.78 is 0. The molecule has 0 spiro atoms. The van der Waals surface area contributed by atoms with Gasteiger partial charge in [0.15, 0.2) is 0 Å². The van der Waals surface area contributed by atoms with E-state index in [1.54, 1.807) is 0 Å². The van der Waals surface area contributed by atoms with E-state index in [1.807, 2.05) is 30.5 Å². The zero-order valence-corrected chi connectivity index (χ0v) is 14.6. The number of hydrogen-bond acceptors (Lipinski definition) is 3. The molecule has 3 rings (SSSR count). The van der Waals surface area contributed by atoms with Crippen LogP contribution in [-0.4, -0.2) is 5.91 Å². The van der Waals surface area contributed by atoms with Gasteiger partial charge in [0.1, 0.15) is 4.88 Å². The topological polar surface area (TPSA) is 55.1 Å². The Hall–Kier alpha value is -1.23. The standard InChI is InChI=1S/C16H17ClN2OS.ClH/c1-9-8-21-15(14(9)17)16(20)19-13-4-2-3-10-7-11(18)5-6-12(10)13;/h5-8,13H,2-4,18H2,1H3,(H,19,20);1H. The first-order valence-electron chi connectivity index (χ1n) is 6.99. The summed E-state index contributed by atoms with van der Waals surface area (Å²) in [6, 6.07) is 5.97. The first kappa shape index (κ1) is 17.1. The van der Waals surface area contributed by atoms with Gasteiger partial charge in [-0.3, -0.25) is 4.79 Å². The first-order chi connectivity index (χ1) is 10.1. The molecule has 22 heavy (non-hydrogen) atoms. The molecule has 3 N–H and O–H groups in total. The fourth-order valence-corrected chi connectivity index (χ4v) is 3.97. The average Bonchev–Trinajstić information content (AvgIpc) is 2.79. The van der Waals surface area contributed by atoms with E-state index >= 15 is 0 Å². The number of benzene rings is 1. The summed E-state index contributed by atoms with van der Waals surface area (Å²) in [6.45, 7) is 1.91. The highest BCUT2D eigenvalue weighted by Crippen LogP contribution is 2.32. The van der Waals surface area contributed by atoms with Gasteiger partial charge in [-0.2, -0.15) is 0 Å². The van der Waals surface area contributed by atoms with E-state index in [9.17, 15) is 4.79 Å². The zero-order chi connectivity index (χ0) is 15.0. The van der Waals surface area contributed by atoms with Gasteiger partial charge >= 0.3 is 0 Å². The molecule has 1 aromatic carbocycles. The Morgan fingerprint density at radius 1 is 1.45 bits per heavy atom. The minimum Gasteiger partial charge on any atom is -0.399 e. The van der Waals surface area contributed by atoms with E-state index in [-0.39, 0.29) is 24.4 Å². The maximum atomic E-state index is 12.4. The molecule has 0 saturated carbocycles. The van der Waals surface area contributed by atoms with Gasteiger partial charge in [-0.05, 0) is 60.4 Å². The van der Waals surface area contributed by atoms with Gasteiger partial charge in [-0.1, -0.05) is 17.7 Å². The molecule has 0 bridgehead atoms. The van der Waals surface area contributed by atoms with Gasteiger partial charge in [-0.25, -0.2) is 0 Å². The summed E-state index contributed by atoms with van der Waals surface area (Å²) in [7, 11) is 0. The highest BCUT2D eigenvalue weighted by atomic mass is 35.5. The Bertz CT molecular complexity index is 699. The molecular formula is C16H18Cl2N2OS. The fraction of sp³-hybridized carbons (Fsp3) is 0.312. The Labute approximate surface area is 145 Å². The number of anilines is 1. The number of thiophene rings is 1. The Balaban J connectivity index is 0.00000176. The number of hydrogen-bond donors (Lipinski definition) is 2. The minimum absolute atomic E-state index is 0. The van der Waals surface area contributed by atoms with Crippen LogP contribution in [-0.2, 0) is 6.42 Å². The smallest absolute Gasteiger partial charge is 0.263 e. The number of aryl methyl sites for hydroxylation is 2. The molecule has 0 saturated heterocycles. The third-order valence-corrected chi connectivity index (χ3v) is 5.59. The number of rotatable bonds is 2. The number of carbonyl (C=O) groups is 1. The third-order valence-electron chi connectivity index (χ3n) is 3.89. The second kappa shape index (κ2) is 6.90. The molecule has 6 heteroatoms. The molecule has 1 aliphatic rings. The number of nitrogen functional groups attached to an aromatic ring is 1. The molecule has 1 heterocycles. The lowest BCUT2D eigenvalue weighted by atomic mass is 9.87. The van der Waals surface area contributed by atoms with E-state index < -0.39 is 0 Å². The highest BCUT2D eigenvalue weighted by Gasteiger charge is 2.24. The summed E-state index contributed by atoms with van der Waals surface area (Å²) in [5.41, 5.74) is 9.97. The molecule has 0 aliphatic heterocycles.